The van der Waals surface area contributed by atoms with Crippen molar-refractivity contribution in [1.82, 2.24) is 0 Å². The second kappa shape index (κ2) is 3.53. The summed E-state index contributed by atoms with van der Waals surface area (Å²) in [7, 11) is 0. The lowest BCUT2D eigenvalue weighted by Gasteiger charge is -2.08. The molecule has 0 radical (unpaired) electrons. The van der Waals surface area contributed by atoms with Gasteiger partial charge in [0.1, 0.15) is 0 Å². The first-order chi connectivity index (χ1) is 6.33. The number of fused-ring (bicyclic) bond motifs is 1. The van der Waals surface area contributed by atoms with E-state index < -0.39 is 0 Å². The maximum Gasteiger partial charge on any atom is -0.0128 e. The van der Waals surface area contributed by atoms with Crippen LogP contribution in [0.4, 0.5) is 0 Å². The summed E-state index contributed by atoms with van der Waals surface area (Å²) in [6, 6.07) is 0. The average molecular weight is 174 g/mol. The SMILES string of the molecule is C=C1CC2CCCC2/C1=C/C=C\C. The fourth-order valence-corrected chi connectivity index (χ4v) is 2.83. The zero-order chi connectivity index (χ0) is 9.26. The van der Waals surface area contributed by atoms with Crippen LogP contribution in [0, 0.1) is 11.8 Å². The first-order valence-corrected chi connectivity index (χ1v) is 5.34. The Balaban J connectivity index is 2.21. The molecule has 2 saturated carbocycles. The summed E-state index contributed by atoms with van der Waals surface area (Å²) in [4.78, 5) is 0. The third kappa shape index (κ3) is 1.50. The van der Waals surface area contributed by atoms with E-state index in [-0.39, 0.29) is 0 Å². The van der Waals surface area contributed by atoms with Crippen LogP contribution in [-0.4, -0.2) is 0 Å². The molecule has 2 rings (SSSR count). The van der Waals surface area contributed by atoms with Crippen LogP contribution in [0.5, 0.6) is 0 Å². The Morgan fingerprint density at radius 1 is 1.38 bits per heavy atom. The van der Waals surface area contributed by atoms with Crippen molar-refractivity contribution in [2.24, 2.45) is 11.8 Å². The number of rotatable bonds is 1. The van der Waals surface area contributed by atoms with Gasteiger partial charge in [-0.05, 0) is 43.6 Å². The highest BCUT2D eigenvalue weighted by molar-refractivity contribution is 5.39. The summed E-state index contributed by atoms with van der Waals surface area (Å²) in [6.45, 7) is 6.24. The van der Waals surface area contributed by atoms with Crippen LogP contribution in [0.2, 0.25) is 0 Å². The van der Waals surface area contributed by atoms with E-state index in [1.807, 2.05) is 0 Å². The predicted octanol–water partition coefficient (Wildman–Crippen LogP) is 3.87. The molecule has 0 aromatic rings. The van der Waals surface area contributed by atoms with E-state index in [0.717, 1.165) is 11.8 Å². The fraction of sp³-hybridized carbons (Fsp3) is 0.538. The molecule has 0 nitrogen and oxygen atoms in total. The van der Waals surface area contributed by atoms with E-state index >= 15 is 0 Å². The van der Waals surface area contributed by atoms with Crippen molar-refractivity contribution < 1.29 is 0 Å². The molecule has 13 heavy (non-hydrogen) atoms. The molecule has 0 N–H and O–H groups in total. The van der Waals surface area contributed by atoms with E-state index in [0.29, 0.717) is 0 Å². The van der Waals surface area contributed by atoms with Gasteiger partial charge >= 0.3 is 0 Å². The summed E-state index contributed by atoms with van der Waals surface area (Å²) in [5, 5.41) is 0. The summed E-state index contributed by atoms with van der Waals surface area (Å²) in [6.07, 6.45) is 12.0. The van der Waals surface area contributed by atoms with Crippen molar-refractivity contribution in [2.75, 3.05) is 0 Å². The van der Waals surface area contributed by atoms with E-state index in [1.165, 1.54) is 31.3 Å². The highest BCUT2D eigenvalue weighted by Gasteiger charge is 2.36. The molecule has 2 aliphatic rings. The molecule has 2 fully saturated rings. The maximum atomic E-state index is 4.17. The lowest BCUT2D eigenvalue weighted by molar-refractivity contribution is 0.497. The van der Waals surface area contributed by atoms with Crippen LogP contribution in [-0.2, 0) is 0 Å². The zero-order valence-corrected chi connectivity index (χ0v) is 8.42. The smallest absolute Gasteiger partial charge is 0.0128 e. The average Bonchev–Trinajstić information content (AvgIpc) is 2.62. The van der Waals surface area contributed by atoms with Gasteiger partial charge in [-0.3, -0.25) is 0 Å². The summed E-state index contributed by atoms with van der Waals surface area (Å²) >= 11 is 0. The molecular weight excluding hydrogens is 156 g/mol. The normalized spacial score (nSPS) is 36.4. The van der Waals surface area contributed by atoms with Crippen LogP contribution >= 0.6 is 0 Å². The van der Waals surface area contributed by atoms with Gasteiger partial charge in [0, 0.05) is 0 Å². The quantitative estimate of drug-likeness (QED) is 0.566. The molecular formula is C13H18. The minimum absolute atomic E-state index is 0.851. The summed E-state index contributed by atoms with van der Waals surface area (Å²) in [5.74, 6) is 1.78. The standard InChI is InChI=1S/C13H18/c1-3-4-7-12-10(2)9-11-6-5-8-13(11)12/h3-4,7,11,13H,2,5-6,8-9H2,1H3/b4-3-,12-7+. The molecule has 0 bridgehead atoms. The topological polar surface area (TPSA) is 0 Å². The molecule has 2 unspecified atom stereocenters. The molecule has 0 aromatic carbocycles. The molecule has 0 heteroatoms. The number of hydrogen-bond acceptors (Lipinski definition) is 0. The monoisotopic (exact) mass is 174 g/mol. The Labute approximate surface area is 81.0 Å². The number of allylic oxidation sites excluding steroid dienone is 5. The fourth-order valence-electron chi connectivity index (χ4n) is 2.83. The van der Waals surface area contributed by atoms with Crippen LogP contribution in [0.1, 0.15) is 32.6 Å². The molecule has 0 amide bonds. The highest BCUT2D eigenvalue weighted by atomic mass is 14.4. The molecule has 0 aliphatic heterocycles. The van der Waals surface area contributed by atoms with Crippen LogP contribution < -0.4 is 0 Å². The summed E-state index contributed by atoms with van der Waals surface area (Å²) < 4.78 is 0. The van der Waals surface area contributed by atoms with Gasteiger partial charge in [0.25, 0.3) is 0 Å². The maximum absolute atomic E-state index is 4.17. The van der Waals surface area contributed by atoms with Crippen molar-refractivity contribution in [2.45, 2.75) is 32.6 Å². The highest BCUT2D eigenvalue weighted by Crippen LogP contribution is 2.49. The van der Waals surface area contributed by atoms with Gasteiger partial charge in [-0.2, -0.15) is 0 Å². The van der Waals surface area contributed by atoms with Gasteiger partial charge in [0.2, 0.25) is 0 Å². The number of hydrogen-bond donors (Lipinski definition) is 0. The van der Waals surface area contributed by atoms with E-state index in [2.05, 4.69) is 31.7 Å². The van der Waals surface area contributed by atoms with Crippen LogP contribution in [0.3, 0.4) is 0 Å². The van der Waals surface area contributed by atoms with E-state index in [4.69, 9.17) is 0 Å². The molecule has 2 aliphatic carbocycles. The van der Waals surface area contributed by atoms with Gasteiger partial charge < -0.3 is 0 Å². The minimum Gasteiger partial charge on any atom is -0.0955 e. The Morgan fingerprint density at radius 3 is 3.00 bits per heavy atom. The molecule has 0 aromatic heterocycles. The lowest BCUT2D eigenvalue weighted by atomic mass is 9.96. The molecule has 70 valence electrons. The lowest BCUT2D eigenvalue weighted by Crippen LogP contribution is -1.99. The van der Waals surface area contributed by atoms with Crippen molar-refractivity contribution in [3.05, 3.63) is 36.0 Å². The summed E-state index contributed by atoms with van der Waals surface area (Å²) in [5.41, 5.74) is 2.94. The second-order valence-corrected chi connectivity index (χ2v) is 4.25. The Kier molecular flexibility index (Phi) is 2.39. The van der Waals surface area contributed by atoms with Crippen molar-refractivity contribution in [3.63, 3.8) is 0 Å². The van der Waals surface area contributed by atoms with Gasteiger partial charge in [-0.25, -0.2) is 0 Å². The zero-order valence-electron chi connectivity index (χ0n) is 8.42. The Hall–Kier alpha value is -0.780. The van der Waals surface area contributed by atoms with E-state index in [9.17, 15) is 0 Å². The Morgan fingerprint density at radius 2 is 2.23 bits per heavy atom. The Bertz CT molecular complexity index is 268. The predicted molar refractivity (Wildman–Crippen MR) is 57.5 cm³/mol. The minimum atomic E-state index is 0.851. The molecule has 0 heterocycles. The second-order valence-electron chi connectivity index (χ2n) is 4.25. The van der Waals surface area contributed by atoms with Crippen LogP contribution in [0.15, 0.2) is 36.0 Å². The van der Waals surface area contributed by atoms with Gasteiger partial charge in [0.05, 0.1) is 0 Å². The third-order valence-electron chi connectivity index (χ3n) is 3.44. The molecule has 0 spiro atoms. The van der Waals surface area contributed by atoms with Gasteiger partial charge in [0.15, 0.2) is 0 Å². The van der Waals surface area contributed by atoms with E-state index in [1.54, 1.807) is 5.57 Å². The molecule has 2 atom stereocenters. The van der Waals surface area contributed by atoms with Gasteiger partial charge in [-0.15, -0.1) is 0 Å². The van der Waals surface area contributed by atoms with Crippen molar-refractivity contribution >= 4 is 0 Å². The first kappa shape index (κ1) is 8.80. The van der Waals surface area contributed by atoms with Gasteiger partial charge in [-0.1, -0.05) is 36.8 Å². The van der Waals surface area contributed by atoms with Crippen LogP contribution in [0.25, 0.3) is 0 Å². The van der Waals surface area contributed by atoms with Crippen molar-refractivity contribution in [3.8, 4) is 0 Å². The van der Waals surface area contributed by atoms with Crippen molar-refractivity contribution in [1.29, 1.82) is 0 Å². The molecule has 0 saturated heterocycles. The third-order valence-corrected chi connectivity index (χ3v) is 3.44. The first-order valence-electron chi connectivity index (χ1n) is 5.34. The largest absolute Gasteiger partial charge is 0.0955 e.